The van der Waals surface area contributed by atoms with Gasteiger partial charge < -0.3 is 24.1 Å². The molecule has 174 valence electrons. The fraction of sp³-hybridized carbons (Fsp3) is 0.792. The van der Waals surface area contributed by atoms with Crippen LogP contribution in [0.15, 0.2) is 12.2 Å². The van der Waals surface area contributed by atoms with Crippen molar-refractivity contribution in [2.45, 2.75) is 83.8 Å². The lowest BCUT2D eigenvalue weighted by Gasteiger charge is -2.79. The zero-order chi connectivity index (χ0) is 23.0. The van der Waals surface area contributed by atoms with Gasteiger partial charge in [-0.15, -0.1) is 0 Å². The molecule has 10 atom stereocenters. The predicted octanol–water partition coefficient (Wildman–Crippen LogP) is 1.88. The number of aliphatic hydroxyl groups is 1. The number of carbonyl (C=O) groups excluding carboxylic acids is 3. The van der Waals surface area contributed by atoms with Crippen LogP contribution in [-0.2, 0) is 33.3 Å². The summed E-state index contributed by atoms with van der Waals surface area (Å²) >= 11 is 0. The number of esters is 2. The topological polar surface area (TPSA) is 108 Å². The maximum absolute atomic E-state index is 14.0. The Morgan fingerprint density at radius 2 is 1.81 bits per heavy atom. The van der Waals surface area contributed by atoms with Gasteiger partial charge >= 0.3 is 11.9 Å². The van der Waals surface area contributed by atoms with Crippen molar-refractivity contribution in [1.82, 2.24) is 0 Å². The van der Waals surface area contributed by atoms with Crippen LogP contribution in [0.5, 0.6) is 0 Å². The van der Waals surface area contributed by atoms with Crippen LogP contribution in [0.4, 0.5) is 0 Å². The SMILES string of the molecule is C=C1C(=O)[C@@]23[C@@H]4OC5O[C@@]2(O)[C@@H](OC(C)=O)[C@@H]2C(C)(C)CCC[C@]52[C@@H]3[C@@H](OC(C)=O)C[C@@H]14. The monoisotopic (exact) mass is 446 g/mol. The van der Waals surface area contributed by atoms with Crippen LogP contribution >= 0.6 is 0 Å². The van der Waals surface area contributed by atoms with Gasteiger partial charge in [-0.3, -0.25) is 14.4 Å². The van der Waals surface area contributed by atoms with Crippen LogP contribution in [0.1, 0.15) is 53.4 Å². The quantitative estimate of drug-likeness (QED) is 0.506. The third-order valence-electron chi connectivity index (χ3n) is 9.60. The Labute approximate surface area is 186 Å². The lowest BCUT2D eigenvalue weighted by molar-refractivity contribution is -0.553. The molecule has 0 amide bonds. The molecule has 2 spiro atoms. The van der Waals surface area contributed by atoms with Crippen molar-refractivity contribution in [2.24, 2.45) is 34.0 Å². The van der Waals surface area contributed by atoms with Crippen LogP contribution in [0.25, 0.3) is 0 Å². The first kappa shape index (κ1) is 20.8. The normalized spacial score (nSPS) is 53.7. The standard InChI is InChI=1S/C24H30O8/c1-10-13-9-14(29-11(2)25)15-22-8-6-7-21(4,5)16(22)19(30-12(3)26)24(28)23(15,17(10)27)18(13)31-20(22)32-24/h13-16,18-20,28H,1,6-9H2,2-5H3/t13-,14-,15-,16+,18+,19-,20?,22+,23-,24-/m0/s1. The summed E-state index contributed by atoms with van der Waals surface area (Å²) < 4.78 is 24.4. The van der Waals surface area contributed by atoms with Gasteiger partial charge in [0, 0.05) is 37.0 Å². The molecule has 1 N–H and O–H groups in total. The summed E-state index contributed by atoms with van der Waals surface area (Å²) in [6.07, 6.45) is -0.198. The fourth-order valence-corrected chi connectivity index (χ4v) is 9.07. The van der Waals surface area contributed by atoms with Crippen LogP contribution in [0.3, 0.4) is 0 Å². The zero-order valence-electron chi connectivity index (χ0n) is 18.9. The molecule has 0 aromatic rings. The summed E-state index contributed by atoms with van der Waals surface area (Å²) in [6, 6.07) is 0. The summed E-state index contributed by atoms with van der Waals surface area (Å²) in [4.78, 5) is 38.3. The summed E-state index contributed by atoms with van der Waals surface area (Å²) in [6.45, 7) is 10.9. The Kier molecular flexibility index (Phi) is 3.79. The molecule has 4 saturated heterocycles. The molecule has 32 heavy (non-hydrogen) atoms. The zero-order valence-corrected chi connectivity index (χ0v) is 18.9. The Balaban J connectivity index is 1.66. The third kappa shape index (κ3) is 1.93. The summed E-state index contributed by atoms with van der Waals surface area (Å²) in [5, 5.41) is 12.3. The minimum atomic E-state index is -2.08. The van der Waals surface area contributed by atoms with Crippen molar-refractivity contribution in [2.75, 3.05) is 0 Å². The fourth-order valence-electron chi connectivity index (χ4n) is 9.07. The first-order valence-electron chi connectivity index (χ1n) is 11.6. The van der Waals surface area contributed by atoms with Crippen LogP contribution < -0.4 is 0 Å². The average Bonchev–Trinajstić information content (AvgIpc) is 2.81. The molecule has 8 heteroatoms. The third-order valence-corrected chi connectivity index (χ3v) is 9.60. The Morgan fingerprint density at radius 3 is 2.47 bits per heavy atom. The van der Waals surface area contributed by atoms with Crippen molar-refractivity contribution in [3.8, 4) is 0 Å². The molecular formula is C24H30O8. The maximum atomic E-state index is 14.0. The number of hydrogen-bond donors (Lipinski definition) is 1. The summed E-state index contributed by atoms with van der Waals surface area (Å²) in [5.74, 6) is -4.56. The van der Waals surface area contributed by atoms with Gasteiger partial charge in [0.25, 0.3) is 0 Å². The van der Waals surface area contributed by atoms with E-state index in [2.05, 4.69) is 20.4 Å². The highest BCUT2D eigenvalue weighted by molar-refractivity contribution is 6.05. The average molecular weight is 446 g/mol. The number of Topliss-reactive ketones (excluding diaryl/α,β-unsaturated/α-hetero) is 1. The van der Waals surface area contributed by atoms with Crippen molar-refractivity contribution in [3.63, 3.8) is 0 Å². The Morgan fingerprint density at radius 1 is 1.12 bits per heavy atom. The van der Waals surface area contributed by atoms with E-state index in [1.54, 1.807) is 0 Å². The molecule has 1 unspecified atom stereocenters. The second kappa shape index (κ2) is 5.83. The van der Waals surface area contributed by atoms with Crippen LogP contribution in [0, 0.1) is 34.0 Å². The number of rotatable bonds is 2. The summed E-state index contributed by atoms with van der Waals surface area (Å²) in [5.41, 5.74) is -2.23. The molecular weight excluding hydrogens is 416 g/mol. The van der Waals surface area contributed by atoms with E-state index in [0.29, 0.717) is 18.4 Å². The molecule has 4 aliphatic heterocycles. The van der Waals surface area contributed by atoms with Crippen molar-refractivity contribution >= 4 is 17.7 Å². The van der Waals surface area contributed by atoms with E-state index in [4.69, 9.17) is 18.9 Å². The molecule has 8 rings (SSSR count). The van der Waals surface area contributed by atoms with Crippen LogP contribution in [-0.4, -0.2) is 53.2 Å². The molecule has 0 radical (unpaired) electrons. The minimum Gasteiger partial charge on any atom is -0.462 e. The molecule has 0 aromatic carbocycles. The van der Waals surface area contributed by atoms with E-state index >= 15 is 0 Å². The highest BCUT2D eigenvalue weighted by atomic mass is 16.8. The molecule has 8 nitrogen and oxygen atoms in total. The van der Waals surface area contributed by atoms with Gasteiger partial charge in [-0.1, -0.05) is 26.8 Å². The van der Waals surface area contributed by atoms with E-state index in [9.17, 15) is 19.5 Å². The molecule has 4 heterocycles. The van der Waals surface area contributed by atoms with Crippen molar-refractivity contribution in [1.29, 1.82) is 0 Å². The lowest BCUT2D eigenvalue weighted by atomic mass is 9.34. The Hall–Kier alpha value is -1.77. The van der Waals surface area contributed by atoms with E-state index in [1.165, 1.54) is 13.8 Å². The highest BCUT2D eigenvalue weighted by Crippen LogP contribution is 2.82. The van der Waals surface area contributed by atoms with Gasteiger partial charge in [-0.25, -0.2) is 0 Å². The van der Waals surface area contributed by atoms with Crippen LogP contribution in [0.2, 0.25) is 0 Å². The molecule has 4 saturated carbocycles. The smallest absolute Gasteiger partial charge is 0.303 e. The summed E-state index contributed by atoms with van der Waals surface area (Å²) in [7, 11) is 0. The van der Waals surface area contributed by atoms with Gasteiger partial charge in [-0.2, -0.15) is 0 Å². The second-order valence-electron chi connectivity index (χ2n) is 11.4. The number of carbonyl (C=O) groups is 3. The molecule has 8 aliphatic rings. The van der Waals surface area contributed by atoms with Gasteiger partial charge in [0.05, 0.1) is 6.10 Å². The van der Waals surface area contributed by atoms with E-state index in [-0.39, 0.29) is 23.0 Å². The number of ether oxygens (including phenoxy) is 4. The molecule has 0 aromatic heterocycles. The van der Waals surface area contributed by atoms with E-state index in [1.807, 2.05) is 0 Å². The highest BCUT2D eigenvalue weighted by Gasteiger charge is 2.93. The largest absolute Gasteiger partial charge is 0.462 e. The maximum Gasteiger partial charge on any atom is 0.303 e. The van der Waals surface area contributed by atoms with Gasteiger partial charge in [0.2, 0.25) is 5.79 Å². The van der Waals surface area contributed by atoms with Gasteiger partial charge in [-0.05, 0) is 30.3 Å². The van der Waals surface area contributed by atoms with Gasteiger partial charge in [0.1, 0.15) is 11.5 Å². The minimum absolute atomic E-state index is 0.314. The Bertz CT molecular complexity index is 971. The van der Waals surface area contributed by atoms with Crippen molar-refractivity contribution < 1.29 is 38.4 Å². The molecule has 4 aliphatic carbocycles. The predicted molar refractivity (Wildman–Crippen MR) is 108 cm³/mol. The lowest BCUT2D eigenvalue weighted by Crippen LogP contribution is -2.91. The second-order valence-corrected chi connectivity index (χ2v) is 11.4. The van der Waals surface area contributed by atoms with E-state index in [0.717, 1.165) is 12.8 Å². The molecule has 7 bridgehead atoms. The number of ketones is 1. The molecule has 8 fully saturated rings. The number of hydrogen-bond acceptors (Lipinski definition) is 8. The van der Waals surface area contributed by atoms with E-state index < -0.39 is 59.1 Å². The van der Waals surface area contributed by atoms with Crippen molar-refractivity contribution in [3.05, 3.63) is 12.2 Å². The van der Waals surface area contributed by atoms with Gasteiger partial charge in [0.15, 0.2) is 18.2 Å². The first-order valence-corrected chi connectivity index (χ1v) is 11.6. The first-order chi connectivity index (χ1) is 14.9.